The van der Waals surface area contributed by atoms with Crippen LogP contribution in [0.2, 0.25) is 18.1 Å². The summed E-state index contributed by atoms with van der Waals surface area (Å²) in [6, 6.07) is 0. The average Bonchev–Trinajstić information content (AvgIpc) is 2.49. The molecule has 0 saturated carbocycles. The number of rotatable bonds is 4. The van der Waals surface area contributed by atoms with E-state index in [1.165, 1.54) is 5.57 Å². The maximum absolute atomic E-state index is 11.1. The topological polar surface area (TPSA) is 26.3 Å². The lowest BCUT2D eigenvalue weighted by atomic mass is 10.2. The second kappa shape index (κ2) is 4.84. The van der Waals surface area contributed by atoms with Crippen LogP contribution in [0, 0.1) is 0 Å². The first-order valence-electron chi connectivity index (χ1n) is 6.08. The van der Waals surface area contributed by atoms with Gasteiger partial charge in [0.05, 0.1) is 0 Å². The SMILES string of the molecule is CC(C)(C)[Si](C)(C)OCCC1=CC(=O)CC1. The Hall–Kier alpha value is -0.413. The second-order valence-electron chi connectivity index (χ2n) is 6.13. The van der Waals surface area contributed by atoms with Gasteiger partial charge in [-0.25, -0.2) is 0 Å². The summed E-state index contributed by atoms with van der Waals surface area (Å²) in [5, 5.41) is 0.271. The Morgan fingerprint density at radius 1 is 1.31 bits per heavy atom. The molecule has 16 heavy (non-hydrogen) atoms. The highest BCUT2D eigenvalue weighted by Gasteiger charge is 2.36. The van der Waals surface area contributed by atoms with E-state index in [-0.39, 0.29) is 10.8 Å². The van der Waals surface area contributed by atoms with Crippen LogP contribution in [0.15, 0.2) is 11.6 Å². The highest BCUT2D eigenvalue weighted by Crippen LogP contribution is 2.36. The standard InChI is InChI=1S/C13H24O2Si/c1-13(2,3)16(4,5)15-9-8-11-6-7-12(14)10-11/h10H,6-9H2,1-5H3. The van der Waals surface area contributed by atoms with Crippen molar-refractivity contribution in [3.8, 4) is 0 Å². The fraction of sp³-hybridized carbons (Fsp3) is 0.769. The Kier molecular flexibility index (Phi) is 4.13. The van der Waals surface area contributed by atoms with E-state index in [4.69, 9.17) is 4.43 Å². The summed E-state index contributed by atoms with van der Waals surface area (Å²) in [5.41, 5.74) is 1.27. The lowest BCUT2D eigenvalue weighted by Crippen LogP contribution is -2.41. The highest BCUT2D eigenvalue weighted by molar-refractivity contribution is 6.74. The summed E-state index contributed by atoms with van der Waals surface area (Å²) >= 11 is 0. The van der Waals surface area contributed by atoms with Crippen molar-refractivity contribution in [1.29, 1.82) is 0 Å². The number of hydrogen-bond acceptors (Lipinski definition) is 2. The van der Waals surface area contributed by atoms with Crippen molar-refractivity contribution in [2.45, 2.75) is 58.2 Å². The van der Waals surface area contributed by atoms with E-state index >= 15 is 0 Å². The van der Waals surface area contributed by atoms with E-state index in [1.807, 2.05) is 0 Å². The number of carbonyl (C=O) groups excluding carboxylic acids is 1. The normalized spacial score (nSPS) is 17.8. The summed E-state index contributed by atoms with van der Waals surface area (Å²) in [6.07, 6.45) is 4.38. The van der Waals surface area contributed by atoms with Crippen LogP contribution >= 0.6 is 0 Å². The van der Waals surface area contributed by atoms with E-state index in [1.54, 1.807) is 6.08 Å². The second-order valence-corrected chi connectivity index (χ2v) is 10.9. The van der Waals surface area contributed by atoms with Crippen LogP contribution in [0.5, 0.6) is 0 Å². The third-order valence-corrected chi connectivity index (χ3v) is 8.29. The Bertz CT molecular complexity index is 298. The molecule has 0 fully saturated rings. The van der Waals surface area contributed by atoms with Crippen LogP contribution in [-0.4, -0.2) is 20.7 Å². The van der Waals surface area contributed by atoms with Gasteiger partial charge in [0.15, 0.2) is 14.1 Å². The van der Waals surface area contributed by atoms with Gasteiger partial charge in [-0.1, -0.05) is 26.3 Å². The molecule has 0 saturated heterocycles. The van der Waals surface area contributed by atoms with Gasteiger partial charge in [0.2, 0.25) is 0 Å². The summed E-state index contributed by atoms with van der Waals surface area (Å²) in [6.45, 7) is 12.0. The lowest BCUT2D eigenvalue weighted by Gasteiger charge is -2.36. The minimum Gasteiger partial charge on any atom is -0.417 e. The van der Waals surface area contributed by atoms with Crippen LogP contribution in [0.25, 0.3) is 0 Å². The Morgan fingerprint density at radius 2 is 1.94 bits per heavy atom. The van der Waals surface area contributed by atoms with E-state index in [0.29, 0.717) is 6.42 Å². The van der Waals surface area contributed by atoms with Crippen molar-refractivity contribution >= 4 is 14.1 Å². The maximum Gasteiger partial charge on any atom is 0.191 e. The van der Waals surface area contributed by atoms with E-state index < -0.39 is 8.32 Å². The molecular weight excluding hydrogens is 216 g/mol. The van der Waals surface area contributed by atoms with Gasteiger partial charge >= 0.3 is 0 Å². The van der Waals surface area contributed by atoms with Crippen LogP contribution in [-0.2, 0) is 9.22 Å². The summed E-state index contributed by atoms with van der Waals surface area (Å²) in [4.78, 5) is 11.1. The van der Waals surface area contributed by atoms with Gasteiger partial charge in [0, 0.05) is 13.0 Å². The predicted molar refractivity (Wildman–Crippen MR) is 70.1 cm³/mol. The fourth-order valence-electron chi connectivity index (χ4n) is 1.51. The van der Waals surface area contributed by atoms with Crippen LogP contribution in [0.3, 0.4) is 0 Å². The molecule has 3 heteroatoms. The molecular formula is C13H24O2Si. The van der Waals surface area contributed by atoms with Gasteiger partial charge in [0.25, 0.3) is 0 Å². The smallest absolute Gasteiger partial charge is 0.191 e. The van der Waals surface area contributed by atoms with Crippen molar-refractivity contribution in [2.24, 2.45) is 0 Å². The molecule has 0 aromatic carbocycles. The number of hydrogen-bond donors (Lipinski definition) is 0. The molecule has 0 amide bonds. The Morgan fingerprint density at radius 3 is 2.38 bits per heavy atom. The molecule has 0 spiro atoms. The molecule has 0 aliphatic heterocycles. The van der Waals surface area contributed by atoms with Gasteiger partial charge in [-0.05, 0) is 37.0 Å². The lowest BCUT2D eigenvalue weighted by molar-refractivity contribution is -0.114. The quantitative estimate of drug-likeness (QED) is 0.701. The minimum atomic E-state index is -1.61. The average molecular weight is 240 g/mol. The first-order chi connectivity index (χ1) is 7.22. The molecule has 0 unspecified atom stereocenters. The molecule has 0 aromatic heterocycles. The number of allylic oxidation sites excluding steroid dienone is 1. The van der Waals surface area contributed by atoms with E-state index in [0.717, 1.165) is 19.4 Å². The molecule has 0 bridgehead atoms. The molecule has 92 valence electrons. The molecule has 2 nitrogen and oxygen atoms in total. The summed E-state index contributed by atoms with van der Waals surface area (Å²) in [7, 11) is -1.61. The molecule has 0 aromatic rings. The van der Waals surface area contributed by atoms with Crippen molar-refractivity contribution in [2.75, 3.05) is 6.61 Å². The predicted octanol–water partition coefficient (Wildman–Crippen LogP) is 3.69. The van der Waals surface area contributed by atoms with Gasteiger partial charge in [-0.3, -0.25) is 4.79 Å². The molecule has 1 aliphatic carbocycles. The number of carbonyl (C=O) groups is 1. The first-order valence-corrected chi connectivity index (χ1v) is 8.99. The van der Waals surface area contributed by atoms with Crippen molar-refractivity contribution in [3.05, 3.63) is 11.6 Å². The maximum atomic E-state index is 11.1. The van der Waals surface area contributed by atoms with Gasteiger partial charge < -0.3 is 4.43 Å². The van der Waals surface area contributed by atoms with E-state index in [9.17, 15) is 4.79 Å². The summed E-state index contributed by atoms with van der Waals surface area (Å²) < 4.78 is 6.08. The number of ketones is 1. The monoisotopic (exact) mass is 240 g/mol. The highest BCUT2D eigenvalue weighted by atomic mass is 28.4. The zero-order valence-corrected chi connectivity index (χ0v) is 12.2. The van der Waals surface area contributed by atoms with Gasteiger partial charge in [0.1, 0.15) is 0 Å². The molecule has 0 radical (unpaired) electrons. The first kappa shape index (κ1) is 13.7. The van der Waals surface area contributed by atoms with Crippen molar-refractivity contribution < 1.29 is 9.22 Å². The minimum absolute atomic E-state index is 0.271. The Labute approximate surface area is 100 Å². The molecule has 0 N–H and O–H groups in total. The summed E-state index contributed by atoms with van der Waals surface area (Å²) in [5.74, 6) is 0.280. The third kappa shape index (κ3) is 3.56. The van der Waals surface area contributed by atoms with Crippen LogP contribution in [0.4, 0.5) is 0 Å². The molecule has 0 heterocycles. The van der Waals surface area contributed by atoms with Crippen LogP contribution in [0.1, 0.15) is 40.0 Å². The largest absolute Gasteiger partial charge is 0.417 e. The zero-order chi connectivity index (χ0) is 12.4. The Balaban J connectivity index is 2.36. The van der Waals surface area contributed by atoms with E-state index in [2.05, 4.69) is 33.9 Å². The molecule has 1 aliphatic rings. The third-order valence-electron chi connectivity index (χ3n) is 3.75. The molecule has 0 atom stereocenters. The van der Waals surface area contributed by atoms with Crippen molar-refractivity contribution in [1.82, 2.24) is 0 Å². The van der Waals surface area contributed by atoms with Crippen LogP contribution < -0.4 is 0 Å². The van der Waals surface area contributed by atoms with Gasteiger partial charge in [-0.15, -0.1) is 0 Å². The van der Waals surface area contributed by atoms with Crippen molar-refractivity contribution in [3.63, 3.8) is 0 Å². The fourth-order valence-corrected chi connectivity index (χ4v) is 2.55. The zero-order valence-electron chi connectivity index (χ0n) is 11.2. The molecule has 1 rings (SSSR count). The van der Waals surface area contributed by atoms with Gasteiger partial charge in [-0.2, -0.15) is 0 Å².